The molecule has 0 aromatic carbocycles. The minimum Gasteiger partial charge on any atom is -0.360 e. The van der Waals surface area contributed by atoms with Crippen LogP contribution in [0.4, 0.5) is 0 Å². The van der Waals surface area contributed by atoms with Crippen LogP contribution in [0.3, 0.4) is 0 Å². The Bertz CT molecular complexity index is 323. The van der Waals surface area contributed by atoms with Crippen LogP contribution in [0.5, 0.6) is 0 Å². The highest BCUT2D eigenvalue weighted by Gasteiger charge is 2.21. The minimum atomic E-state index is -0.106. The summed E-state index contributed by atoms with van der Waals surface area (Å²) in [7, 11) is 1.72. The summed E-state index contributed by atoms with van der Waals surface area (Å²) in [5, 5.41) is 6.52. The lowest BCUT2D eigenvalue weighted by Crippen LogP contribution is -2.18. The highest BCUT2D eigenvalue weighted by molar-refractivity contribution is 5.95. The second-order valence-electron chi connectivity index (χ2n) is 4.28. The van der Waals surface area contributed by atoms with E-state index in [-0.39, 0.29) is 17.7 Å². The Morgan fingerprint density at radius 2 is 2.21 bits per heavy atom. The normalized spacial score (nSPS) is 11.7. The Kier molecular flexibility index (Phi) is 3.06. The number of nitrogens with one attached hydrogen (secondary N) is 1. The topological polar surface area (TPSA) is 55.1 Å². The summed E-state index contributed by atoms with van der Waals surface area (Å²) in [6, 6.07) is 1.71. The Balaban J connectivity index is 2.83. The van der Waals surface area contributed by atoms with Gasteiger partial charge in [-0.05, 0) is 7.05 Å². The second kappa shape index (κ2) is 3.92. The van der Waals surface area contributed by atoms with Gasteiger partial charge in [-0.1, -0.05) is 25.9 Å². The molecule has 0 amide bonds. The van der Waals surface area contributed by atoms with Gasteiger partial charge in [0.15, 0.2) is 11.5 Å². The van der Waals surface area contributed by atoms with Gasteiger partial charge in [-0.2, -0.15) is 0 Å². The van der Waals surface area contributed by atoms with Crippen molar-refractivity contribution in [2.24, 2.45) is 0 Å². The van der Waals surface area contributed by atoms with Crippen LogP contribution in [0.15, 0.2) is 10.6 Å². The van der Waals surface area contributed by atoms with E-state index >= 15 is 0 Å². The van der Waals surface area contributed by atoms with Crippen LogP contribution in [-0.2, 0) is 5.41 Å². The zero-order valence-electron chi connectivity index (χ0n) is 9.05. The number of carbonyl (C=O) groups is 1. The van der Waals surface area contributed by atoms with Crippen LogP contribution in [-0.4, -0.2) is 24.5 Å². The van der Waals surface area contributed by atoms with Crippen LogP contribution in [0.1, 0.15) is 37.0 Å². The molecule has 0 radical (unpaired) electrons. The van der Waals surface area contributed by atoms with Crippen molar-refractivity contribution in [1.82, 2.24) is 10.5 Å². The van der Waals surface area contributed by atoms with Crippen LogP contribution < -0.4 is 5.32 Å². The molecular weight excluding hydrogens is 180 g/mol. The first-order valence-electron chi connectivity index (χ1n) is 4.60. The number of carbonyl (C=O) groups excluding carboxylic acids is 1. The predicted octanol–water partition coefficient (Wildman–Crippen LogP) is 1.37. The van der Waals surface area contributed by atoms with E-state index in [4.69, 9.17) is 4.52 Å². The van der Waals surface area contributed by atoms with Crippen LogP contribution in [0.25, 0.3) is 0 Å². The van der Waals surface area contributed by atoms with Gasteiger partial charge in [0, 0.05) is 11.5 Å². The average molecular weight is 196 g/mol. The first-order chi connectivity index (χ1) is 6.45. The Labute approximate surface area is 83.7 Å². The van der Waals surface area contributed by atoms with Crippen molar-refractivity contribution in [3.05, 3.63) is 17.5 Å². The largest absolute Gasteiger partial charge is 0.360 e. The molecule has 4 nitrogen and oxygen atoms in total. The summed E-state index contributed by atoms with van der Waals surface area (Å²) in [6.45, 7) is 6.33. The SMILES string of the molecule is CNCC(=O)c1cc(C(C)(C)C)on1. The molecule has 1 heterocycles. The van der Waals surface area contributed by atoms with Crippen LogP contribution >= 0.6 is 0 Å². The summed E-state index contributed by atoms with van der Waals surface area (Å²) < 4.78 is 5.10. The van der Waals surface area contributed by atoms with Gasteiger partial charge in [0.25, 0.3) is 0 Å². The molecule has 0 aliphatic heterocycles. The van der Waals surface area contributed by atoms with Gasteiger partial charge < -0.3 is 9.84 Å². The van der Waals surface area contributed by atoms with Crippen molar-refractivity contribution >= 4 is 5.78 Å². The maximum atomic E-state index is 11.4. The quantitative estimate of drug-likeness (QED) is 0.742. The molecule has 0 spiro atoms. The van der Waals surface area contributed by atoms with Crippen molar-refractivity contribution in [3.63, 3.8) is 0 Å². The van der Waals surface area contributed by atoms with Gasteiger partial charge >= 0.3 is 0 Å². The molecule has 14 heavy (non-hydrogen) atoms. The fourth-order valence-electron chi connectivity index (χ4n) is 1.01. The first kappa shape index (κ1) is 10.9. The van der Waals surface area contributed by atoms with Crippen molar-refractivity contribution in [2.45, 2.75) is 26.2 Å². The summed E-state index contributed by atoms with van der Waals surface area (Å²) in [4.78, 5) is 11.4. The van der Waals surface area contributed by atoms with Crippen molar-refractivity contribution < 1.29 is 9.32 Å². The fraction of sp³-hybridized carbons (Fsp3) is 0.600. The summed E-state index contributed by atoms with van der Waals surface area (Å²) >= 11 is 0. The lowest BCUT2D eigenvalue weighted by molar-refractivity contribution is 0.0984. The summed E-state index contributed by atoms with van der Waals surface area (Å²) in [5.74, 6) is 0.684. The smallest absolute Gasteiger partial charge is 0.198 e. The predicted molar refractivity (Wildman–Crippen MR) is 53.5 cm³/mol. The molecule has 0 aliphatic carbocycles. The average Bonchev–Trinajstić information content (AvgIpc) is 2.51. The fourth-order valence-corrected chi connectivity index (χ4v) is 1.01. The van der Waals surface area contributed by atoms with Gasteiger partial charge in [0.05, 0.1) is 6.54 Å². The van der Waals surface area contributed by atoms with E-state index in [9.17, 15) is 4.79 Å². The zero-order valence-corrected chi connectivity index (χ0v) is 9.05. The van der Waals surface area contributed by atoms with Gasteiger partial charge in [-0.15, -0.1) is 0 Å². The second-order valence-corrected chi connectivity index (χ2v) is 4.28. The van der Waals surface area contributed by atoms with E-state index in [1.807, 2.05) is 20.8 Å². The minimum absolute atomic E-state index is 0.0493. The molecule has 0 saturated carbocycles. The monoisotopic (exact) mass is 196 g/mol. The molecule has 4 heteroatoms. The molecule has 1 aromatic rings. The summed E-state index contributed by atoms with van der Waals surface area (Å²) in [6.07, 6.45) is 0. The number of ketones is 1. The number of aromatic nitrogens is 1. The van der Waals surface area contributed by atoms with Crippen molar-refractivity contribution in [2.75, 3.05) is 13.6 Å². The highest BCUT2D eigenvalue weighted by atomic mass is 16.5. The third-order valence-corrected chi connectivity index (χ3v) is 1.87. The van der Waals surface area contributed by atoms with E-state index in [0.29, 0.717) is 5.69 Å². The van der Waals surface area contributed by atoms with Gasteiger partial charge in [0.2, 0.25) is 0 Å². The first-order valence-corrected chi connectivity index (χ1v) is 4.60. The molecular formula is C10H16N2O2. The highest BCUT2D eigenvalue weighted by Crippen LogP contribution is 2.22. The van der Waals surface area contributed by atoms with Crippen LogP contribution in [0.2, 0.25) is 0 Å². The van der Waals surface area contributed by atoms with E-state index in [1.165, 1.54) is 0 Å². The Morgan fingerprint density at radius 1 is 1.57 bits per heavy atom. The standard InChI is InChI=1S/C10H16N2O2/c1-10(2,3)9-5-7(12-14-9)8(13)6-11-4/h5,11H,6H2,1-4H3. The number of hydrogen-bond donors (Lipinski definition) is 1. The molecule has 1 rings (SSSR count). The molecule has 0 unspecified atom stereocenters. The van der Waals surface area contributed by atoms with E-state index in [1.54, 1.807) is 13.1 Å². The molecule has 78 valence electrons. The molecule has 0 aliphatic rings. The molecule has 0 saturated heterocycles. The van der Waals surface area contributed by atoms with Crippen molar-refractivity contribution in [1.29, 1.82) is 0 Å². The maximum Gasteiger partial charge on any atom is 0.198 e. The van der Waals surface area contributed by atoms with Gasteiger partial charge in [-0.3, -0.25) is 4.79 Å². The maximum absolute atomic E-state index is 11.4. The molecule has 0 atom stereocenters. The van der Waals surface area contributed by atoms with Gasteiger partial charge in [0.1, 0.15) is 5.76 Å². The molecule has 1 aromatic heterocycles. The Hall–Kier alpha value is -1.16. The van der Waals surface area contributed by atoms with Crippen molar-refractivity contribution in [3.8, 4) is 0 Å². The zero-order chi connectivity index (χ0) is 10.8. The number of Topliss-reactive ketones (excluding diaryl/α,β-unsaturated/α-hetero) is 1. The number of likely N-dealkylation sites (N-methyl/N-ethyl adjacent to an activating group) is 1. The van der Waals surface area contributed by atoms with E-state index in [2.05, 4.69) is 10.5 Å². The third kappa shape index (κ3) is 2.42. The van der Waals surface area contributed by atoms with E-state index in [0.717, 1.165) is 5.76 Å². The van der Waals surface area contributed by atoms with E-state index < -0.39 is 0 Å². The number of nitrogens with zero attached hydrogens (tertiary/aromatic N) is 1. The van der Waals surface area contributed by atoms with Gasteiger partial charge in [-0.25, -0.2) is 0 Å². The van der Waals surface area contributed by atoms with Crippen LogP contribution in [0, 0.1) is 0 Å². The summed E-state index contributed by atoms with van der Waals surface area (Å²) in [5.41, 5.74) is 0.287. The number of hydrogen-bond acceptors (Lipinski definition) is 4. The lowest BCUT2D eigenvalue weighted by Gasteiger charge is -2.11. The lowest BCUT2D eigenvalue weighted by atomic mass is 9.93. The molecule has 0 fully saturated rings. The molecule has 1 N–H and O–H groups in total. The third-order valence-electron chi connectivity index (χ3n) is 1.87. The Morgan fingerprint density at radius 3 is 2.64 bits per heavy atom. The number of rotatable bonds is 3. The molecule has 0 bridgehead atoms.